The molecule has 2 rings (SSSR count). The number of esters is 1. The van der Waals surface area contributed by atoms with Gasteiger partial charge in [0, 0.05) is 10.6 Å². The maximum Gasteiger partial charge on any atom is 0.339 e. The van der Waals surface area contributed by atoms with E-state index in [0.29, 0.717) is 16.3 Å². The fourth-order valence-electron chi connectivity index (χ4n) is 1.75. The minimum atomic E-state index is -1.37. The fraction of sp³-hybridized carbons (Fsp3) is 0.462. The summed E-state index contributed by atoms with van der Waals surface area (Å²) in [6, 6.07) is 4.86. The Morgan fingerprint density at radius 1 is 1.50 bits per heavy atom. The first kappa shape index (κ1) is 13.2. The molecule has 1 aliphatic carbocycles. The first-order chi connectivity index (χ1) is 8.61. The Bertz CT molecular complexity index is 443. The van der Waals surface area contributed by atoms with Gasteiger partial charge in [-0.05, 0) is 37.5 Å². The zero-order chi connectivity index (χ0) is 13.1. The van der Waals surface area contributed by atoms with Gasteiger partial charge in [0.1, 0.15) is 5.75 Å². The summed E-state index contributed by atoms with van der Waals surface area (Å²) in [5.74, 6) is -0.238. The van der Waals surface area contributed by atoms with Crippen molar-refractivity contribution in [3.8, 4) is 5.75 Å². The number of benzene rings is 1. The van der Waals surface area contributed by atoms with Crippen LogP contribution in [0.4, 0.5) is 0 Å². The Labute approximate surface area is 110 Å². The minimum Gasteiger partial charge on any atom is -0.490 e. The number of hydrogen-bond donors (Lipinski definition) is 1. The van der Waals surface area contributed by atoms with Crippen molar-refractivity contribution in [1.29, 1.82) is 0 Å². The molecule has 5 heteroatoms. The monoisotopic (exact) mass is 270 g/mol. The molecule has 0 saturated heterocycles. The number of methoxy groups -OCH3 is 1. The van der Waals surface area contributed by atoms with Gasteiger partial charge in [0.05, 0.1) is 13.2 Å². The van der Waals surface area contributed by atoms with E-state index in [1.54, 1.807) is 12.1 Å². The largest absolute Gasteiger partial charge is 0.490 e. The predicted octanol–water partition coefficient (Wildman–Crippen LogP) is 2.48. The lowest BCUT2D eigenvalue weighted by molar-refractivity contribution is -0.150. The summed E-state index contributed by atoms with van der Waals surface area (Å²) < 4.78 is 10.2. The molecule has 1 saturated carbocycles. The predicted molar refractivity (Wildman–Crippen MR) is 66.7 cm³/mol. The van der Waals surface area contributed by atoms with Crippen LogP contribution in [0.1, 0.15) is 30.9 Å². The van der Waals surface area contributed by atoms with E-state index in [-0.39, 0.29) is 6.10 Å². The van der Waals surface area contributed by atoms with Crippen molar-refractivity contribution in [2.45, 2.75) is 31.5 Å². The van der Waals surface area contributed by atoms with Crippen molar-refractivity contribution in [3.05, 3.63) is 28.8 Å². The van der Waals surface area contributed by atoms with E-state index in [2.05, 4.69) is 4.74 Å². The topological polar surface area (TPSA) is 55.8 Å². The maximum absolute atomic E-state index is 11.4. The molecule has 1 aromatic rings. The van der Waals surface area contributed by atoms with Gasteiger partial charge in [0.2, 0.25) is 0 Å². The number of hydrogen-bond acceptors (Lipinski definition) is 4. The summed E-state index contributed by atoms with van der Waals surface area (Å²) in [7, 11) is 1.22. The number of carbonyl (C=O) groups is 1. The summed E-state index contributed by atoms with van der Waals surface area (Å²) in [5.41, 5.74) is 0.348. The Morgan fingerprint density at radius 2 is 2.22 bits per heavy atom. The molecule has 0 amide bonds. The number of halogens is 1. The smallest absolute Gasteiger partial charge is 0.339 e. The van der Waals surface area contributed by atoms with Crippen LogP contribution in [0, 0.1) is 0 Å². The Hall–Kier alpha value is -1.26. The quantitative estimate of drug-likeness (QED) is 0.854. The van der Waals surface area contributed by atoms with Crippen LogP contribution in [0.2, 0.25) is 5.02 Å². The zero-order valence-electron chi connectivity index (χ0n) is 10.1. The van der Waals surface area contributed by atoms with E-state index in [4.69, 9.17) is 16.3 Å². The van der Waals surface area contributed by atoms with Crippen LogP contribution >= 0.6 is 11.6 Å². The minimum absolute atomic E-state index is 0.162. The van der Waals surface area contributed by atoms with Crippen LogP contribution in [-0.2, 0) is 9.53 Å². The molecular formula is C13H15ClO4. The second-order valence-electron chi connectivity index (χ2n) is 4.28. The summed E-state index contributed by atoms with van der Waals surface area (Å²) in [6.07, 6.45) is 1.93. The molecule has 1 unspecified atom stereocenters. The van der Waals surface area contributed by atoms with Crippen molar-refractivity contribution in [1.82, 2.24) is 0 Å². The van der Waals surface area contributed by atoms with E-state index in [9.17, 15) is 9.90 Å². The van der Waals surface area contributed by atoms with E-state index in [0.717, 1.165) is 19.3 Å². The normalized spacial score (nSPS) is 16.8. The Balaban J connectivity index is 2.24. The molecule has 0 aliphatic heterocycles. The highest BCUT2D eigenvalue weighted by molar-refractivity contribution is 6.30. The SMILES string of the molecule is COC(=O)C(O)c1cc(Cl)ccc1OC1CCC1. The molecule has 1 atom stereocenters. The summed E-state index contributed by atoms with van der Waals surface area (Å²) in [5, 5.41) is 10.3. The molecule has 1 aromatic carbocycles. The first-order valence-electron chi connectivity index (χ1n) is 5.84. The van der Waals surface area contributed by atoms with Gasteiger partial charge in [-0.3, -0.25) is 0 Å². The molecule has 0 aromatic heterocycles. The van der Waals surface area contributed by atoms with Gasteiger partial charge < -0.3 is 14.6 Å². The maximum atomic E-state index is 11.4. The standard InChI is InChI=1S/C13H15ClO4/c1-17-13(16)12(15)10-7-8(14)5-6-11(10)18-9-3-2-4-9/h5-7,9,12,15H,2-4H2,1H3. The number of aliphatic hydroxyl groups is 1. The molecule has 1 N–H and O–H groups in total. The van der Waals surface area contributed by atoms with Gasteiger partial charge in [-0.2, -0.15) is 0 Å². The van der Waals surface area contributed by atoms with E-state index in [1.165, 1.54) is 13.2 Å². The molecule has 0 radical (unpaired) electrons. The molecule has 0 bridgehead atoms. The average molecular weight is 271 g/mol. The molecule has 18 heavy (non-hydrogen) atoms. The van der Waals surface area contributed by atoms with Crippen LogP contribution in [0.5, 0.6) is 5.75 Å². The highest BCUT2D eigenvalue weighted by Gasteiger charge is 2.25. The molecule has 4 nitrogen and oxygen atoms in total. The molecule has 0 heterocycles. The van der Waals surface area contributed by atoms with Gasteiger partial charge in [0.15, 0.2) is 6.10 Å². The summed E-state index contributed by atoms with van der Waals surface area (Å²) >= 11 is 5.87. The Morgan fingerprint density at radius 3 is 2.78 bits per heavy atom. The van der Waals surface area contributed by atoms with Gasteiger partial charge in [0.25, 0.3) is 0 Å². The lowest BCUT2D eigenvalue weighted by Gasteiger charge is -2.28. The van der Waals surface area contributed by atoms with Gasteiger partial charge >= 0.3 is 5.97 Å². The van der Waals surface area contributed by atoms with Gasteiger partial charge in [-0.25, -0.2) is 4.79 Å². The van der Waals surface area contributed by atoms with Crippen molar-refractivity contribution >= 4 is 17.6 Å². The van der Waals surface area contributed by atoms with Crippen molar-refractivity contribution < 1.29 is 19.4 Å². The van der Waals surface area contributed by atoms with E-state index >= 15 is 0 Å². The number of rotatable bonds is 4. The molecular weight excluding hydrogens is 256 g/mol. The van der Waals surface area contributed by atoms with Gasteiger partial charge in [-0.15, -0.1) is 0 Å². The third kappa shape index (κ3) is 2.76. The highest BCUT2D eigenvalue weighted by atomic mass is 35.5. The first-order valence-corrected chi connectivity index (χ1v) is 6.21. The van der Waals surface area contributed by atoms with Crippen LogP contribution in [0.25, 0.3) is 0 Å². The summed E-state index contributed by atoms with van der Waals surface area (Å²) in [4.78, 5) is 11.4. The van der Waals surface area contributed by atoms with Crippen molar-refractivity contribution in [3.63, 3.8) is 0 Å². The second-order valence-corrected chi connectivity index (χ2v) is 4.72. The Kier molecular flexibility index (Phi) is 4.09. The van der Waals surface area contributed by atoms with Crippen molar-refractivity contribution in [2.24, 2.45) is 0 Å². The average Bonchev–Trinajstić information content (AvgIpc) is 2.33. The number of ether oxygens (including phenoxy) is 2. The van der Waals surface area contributed by atoms with Crippen molar-refractivity contribution in [2.75, 3.05) is 7.11 Å². The molecule has 1 aliphatic rings. The number of aliphatic hydroxyl groups excluding tert-OH is 1. The van der Waals surface area contributed by atoms with Crippen LogP contribution in [-0.4, -0.2) is 24.3 Å². The van der Waals surface area contributed by atoms with Crippen LogP contribution in [0.15, 0.2) is 18.2 Å². The zero-order valence-corrected chi connectivity index (χ0v) is 10.8. The van der Waals surface area contributed by atoms with E-state index < -0.39 is 12.1 Å². The third-order valence-electron chi connectivity index (χ3n) is 3.04. The third-order valence-corrected chi connectivity index (χ3v) is 3.27. The second kappa shape index (κ2) is 5.59. The van der Waals surface area contributed by atoms with E-state index in [1.807, 2.05) is 0 Å². The lowest BCUT2D eigenvalue weighted by atomic mass is 9.96. The lowest BCUT2D eigenvalue weighted by Crippen LogP contribution is -2.26. The summed E-state index contributed by atoms with van der Waals surface area (Å²) in [6.45, 7) is 0. The molecule has 0 spiro atoms. The fourth-order valence-corrected chi connectivity index (χ4v) is 1.93. The number of carbonyl (C=O) groups excluding carboxylic acids is 1. The molecule has 98 valence electrons. The van der Waals surface area contributed by atoms with Crippen LogP contribution in [0.3, 0.4) is 0 Å². The van der Waals surface area contributed by atoms with Crippen LogP contribution < -0.4 is 4.74 Å². The van der Waals surface area contributed by atoms with Gasteiger partial charge in [-0.1, -0.05) is 11.6 Å². The molecule has 1 fully saturated rings. The highest BCUT2D eigenvalue weighted by Crippen LogP contribution is 2.33.